The highest BCUT2D eigenvalue weighted by Crippen LogP contribution is 2.41. The summed E-state index contributed by atoms with van der Waals surface area (Å²) in [6, 6.07) is 6.04. The van der Waals surface area contributed by atoms with Crippen LogP contribution in [0, 0.1) is 5.82 Å². The molecule has 1 N–H and O–H groups in total. The lowest BCUT2D eigenvalue weighted by atomic mass is 9.93. The van der Waals surface area contributed by atoms with Crippen LogP contribution >= 0.6 is 0 Å². The van der Waals surface area contributed by atoms with Crippen LogP contribution in [0.4, 0.5) is 17.6 Å². The van der Waals surface area contributed by atoms with Crippen LogP contribution in [0.1, 0.15) is 35.7 Å². The van der Waals surface area contributed by atoms with Gasteiger partial charge in [-0.2, -0.15) is 22.6 Å². The van der Waals surface area contributed by atoms with Crippen LogP contribution in [-0.2, 0) is 34.0 Å². The van der Waals surface area contributed by atoms with E-state index in [2.05, 4.69) is 5.10 Å². The molecule has 0 saturated carbocycles. The number of carboxylic acids is 1. The van der Waals surface area contributed by atoms with Crippen molar-refractivity contribution in [3.63, 3.8) is 0 Å². The lowest BCUT2D eigenvalue weighted by Crippen LogP contribution is -2.33. The molecule has 0 saturated heterocycles. The highest BCUT2D eigenvalue weighted by Gasteiger charge is 2.39. The number of carbonyl (C=O) groups is 1. The Hall–Kier alpha value is -3.45. The summed E-state index contributed by atoms with van der Waals surface area (Å²) in [7, 11) is -3.13. The van der Waals surface area contributed by atoms with Gasteiger partial charge in [-0.05, 0) is 61.7 Å². The Labute approximate surface area is 203 Å². The molecule has 13 heteroatoms. The molecule has 4 rings (SSSR count). The van der Waals surface area contributed by atoms with E-state index in [1.807, 2.05) is 0 Å². The molecule has 36 heavy (non-hydrogen) atoms. The van der Waals surface area contributed by atoms with E-state index in [1.165, 1.54) is 17.9 Å². The first-order chi connectivity index (χ1) is 16.9. The molecule has 0 bridgehead atoms. The van der Waals surface area contributed by atoms with Crippen LogP contribution in [0.3, 0.4) is 0 Å². The van der Waals surface area contributed by atoms with Gasteiger partial charge in [-0.1, -0.05) is 0 Å². The monoisotopic (exact) mass is 527 g/mol. The zero-order chi connectivity index (χ0) is 26.3. The van der Waals surface area contributed by atoms with Crippen molar-refractivity contribution in [1.82, 2.24) is 14.1 Å². The number of hydrogen-bond acceptors (Lipinski definition) is 5. The minimum absolute atomic E-state index is 0.0530. The fourth-order valence-electron chi connectivity index (χ4n) is 4.18. The topological polar surface area (TPSA) is 102 Å². The van der Waals surface area contributed by atoms with Crippen molar-refractivity contribution in [3.8, 4) is 11.5 Å². The summed E-state index contributed by atoms with van der Waals surface area (Å²) in [5.41, 5.74) is -0.212. The molecule has 1 heterocycles. The smallest absolute Gasteiger partial charge is 0.420 e. The van der Waals surface area contributed by atoms with E-state index in [0.717, 1.165) is 40.7 Å². The van der Waals surface area contributed by atoms with Crippen LogP contribution in [0.5, 0.6) is 11.5 Å². The molecule has 1 atom stereocenters. The highest BCUT2D eigenvalue weighted by atomic mass is 32.2. The second-order valence-corrected chi connectivity index (χ2v) is 10.2. The van der Waals surface area contributed by atoms with E-state index < -0.39 is 50.2 Å². The maximum Gasteiger partial charge on any atom is 0.420 e. The molecular weight excluding hydrogens is 506 g/mol. The minimum atomic E-state index is -4.94. The average Bonchev–Trinajstić information content (AvgIpc) is 3.21. The van der Waals surface area contributed by atoms with Gasteiger partial charge in [-0.25, -0.2) is 12.8 Å². The van der Waals surface area contributed by atoms with E-state index in [0.29, 0.717) is 36.6 Å². The molecule has 1 aliphatic rings. The Morgan fingerprint density at radius 1 is 1.22 bits per heavy atom. The van der Waals surface area contributed by atoms with Gasteiger partial charge < -0.3 is 9.84 Å². The standard InChI is InChI=1S/C23H21F4N3O5S/c1-29(19-3-2-4-20-17(19)12-28-30(20)13-22(31)32)36(33,34)16-9-10-21(18(11-16)23(25,26)27)35-15-7-5-14(24)6-8-15/h5-12,19H,2-4,13H2,1H3,(H,31,32)/t19-/m1/s1. The first kappa shape index (κ1) is 25.6. The second kappa shape index (κ2) is 9.54. The number of rotatable bonds is 7. The van der Waals surface area contributed by atoms with E-state index in [4.69, 9.17) is 9.84 Å². The molecular formula is C23H21F4N3O5S. The summed E-state index contributed by atoms with van der Waals surface area (Å²) in [6.07, 6.45) is -2.11. The molecule has 1 aromatic heterocycles. The lowest BCUT2D eigenvalue weighted by molar-refractivity contribution is -0.139. The van der Waals surface area contributed by atoms with Crippen LogP contribution in [0.2, 0.25) is 0 Å². The summed E-state index contributed by atoms with van der Waals surface area (Å²) < 4.78 is 88.9. The first-order valence-corrected chi connectivity index (χ1v) is 12.2. The number of halogens is 4. The third-order valence-electron chi connectivity index (χ3n) is 5.93. The van der Waals surface area contributed by atoms with E-state index in [1.54, 1.807) is 0 Å². The molecule has 0 unspecified atom stereocenters. The predicted octanol–water partition coefficient (Wildman–Crippen LogP) is 4.62. The molecule has 192 valence electrons. The second-order valence-electron chi connectivity index (χ2n) is 8.24. The number of carboxylic acid groups (broad SMARTS) is 1. The third kappa shape index (κ3) is 5.07. The maximum atomic E-state index is 13.8. The van der Waals surface area contributed by atoms with E-state index in [9.17, 15) is 30.8 Å². The SMILES string of the molecule is CN([C@@H]1CCCc2c1cnn2CC(=O)O)S(=O)(=O)c1ccc(Oc2ccc(F)cc2)c(C(F)(F)F)c1. The van der Waals surface area contributed by atoms with Gasteiger partial charge in [-0.3, -0.25) is 9.48 Å². The molecule has 0 radical (unpaired) electrons. The Balaban J connectivity index is 1.68. The number of hydrogen-bond donors (Lipinski definition) is 1. The Morgan fingerprint density at radius 3 is 2.56 bits per heavy atom. The van der Waals surface area contributed by atoms with Crippen molar-refractivity contribution in [2.24, 2.45) is 0 Å². The van der Waals surface area contributed by atoms with Gasteiger partial charge in [0.2, 0.25) is 10.0 Å². The van der Waals surface area contributed by atoms with Crippen LogP contribution in [-0.4, -0.2) is 40.6 Å². The number of benzene rings is 2. The number of ether oxygens (including phenoxy) is 1. The number of aliphatic carboxylic acids is 1. The number of sulfonamides is 1. The maximum absolute atomic E-state index is 13.8. The predicted molar refractivity (Wildman–Crippen MR) is 118 cm³/mol. The Bertz CT molecular complexity index is 1390. The fraction of sp³-hybridized carbons (Fsp3) is 0.304. The van der Waals surface area contributed by atoms with Gasteiger partial charge in [-0.15, -0.1) is 0 Å². The average molecular weight is 527 g/mol. The number of aromatic nitrogens is 2. The zero-order valence-electron chi connectivity index (χ0n) is 18.9. The summed E-state index contributed by atoms with van der Waals surface area (Å²) in [5.74, 6) is -2.39. The summed E-state index contributed by atoms with van der Waals surface area (Å²) in [5, 5.41) is 13.1. The summed E-state index contributed by atoms with van der Waals surface area (Å²) in [6.45, 7) is -0.386. The molecule has 1 aliphatic carbocycles. The van der Waals surface area contributed by atoms with Crippen LogP contribution in [0.25, 0.3) is 0 Å². The van der Waals surface area contributed by atoms with E-state index in [-0.39, 0.29) is 12.3 Å². The third-order valence-corrected chi connectivity index (χ3v) is 7.79. The molecule has 2 aromatic carbocycles. The van der Waals surface area contributed by atoms with Crippen LogP contribution < -0.4 is 4.74 Å². The lowest BCUT2D eigenvalue weighted by Gasteiger charge is -2.31. The van der Waals surface area contributed by atoms with E-state index >= 15 is 0 Å². The molecule has 3 aromatic rings. The fourth-order valence-corrected chi connectivity index (χ4v) is 5.57. The Kier molecular flexibility index (Phi) is 6.80. The minimum Gasteiger partial charge on any atom is -0.480 e. The van der Waals surface area contributed by atoms with Gasteiger partial charge in [0, 0.05) is 18.3 Å². The largest absolute Gasteiger partial charge is 0.480 e. The van der Waals surface area contributed by atoms with Gasteiger partial charge >= 0.3 is 12.1 Å². The Morgan fingerprint density at radius 2 is 1.92 bits per heavy atom. The molecule has 0 amide bonds. The quantitative estimate of drug-likeness (QED) is 0.450. The number of nitrogens with zero attached hydrogens (tertiary/aromatic N) is 3. The van der Waals surface area contributed by atoms with Crippen molar-refractivity contribution < 1.29 is 40.6 Å². The van der Waals surface area contributed by atoms with Crippen molar-refractivity contribution in [2.75, 3.05) is 7.05 Å². The summed E-state index contributed by atoms with van der Waals surface area (Å²) >= 11 is 0. The molecule has 8 nitrogen and oxygen atoms in total. The van der Waals surface area contributed by atoms with Crippen molar-refractivity contribution in [3.05, 3.63) is 71.3 Å². The molecule has 0 aliphatic heterocycles. The zero-order valence-corrected chi connectivity index (χ0v) is 19.7. The van der Waals surface area contributed by atoms with Crippen molar-refractivity contribution in [1.29, 1.82) is 0 Å². The normalized spacial score (nSPS) is 16.1. The van der Waals surface area contributed by atoms with Crippen LogP contribution in [0.15, 0.2) is 53.6 Å². The van der Waals surface area contributed by atoms with Crippen molar-refractivity contribution in [2.45, 2.75) is 42.9 Å². The molecule has 0 fully saturated rings. The van der Waals surface area contributed by atoms with Gasteiger partial charge in [0.1, 0.15) is 23.9 Å². The first-order valence-electron chi connectivity index (χ1n) is 10.8. The number of fused-ring (bicyclic) bond motifs is 1. The van der Waals surface area contributed by atoms with Gasteiger partial charge in [0.25, 0.3) is 0 Å². The van der Waals surface area contributed by atoms with Gasteiger partial charge in [0.15, 0.2) is 0 Å². The van der Waals surface area contributed by atoms with Crippen molar-refractivity contribution >= 4 is 16.0 Å². The van der Waals surface area contributed by atoms with Gasteiger partial charge in [0.05, 0.1) is 22.7 Å². The summed E-state index contributed by atoms with van der Waals surface area (Å²) in [4.78, 5) is 10.5. The highest BCUT2D eigenvalue weighted by molar-refractivity contribution is 7.89. The molecule has 0 spiro atoms. The number of alkyl halides is 3.